The molecular formula is C18H13N3O3S. The average Bonchev–Trinajstić information content (AvgIpc) is 3.11. The number of hydrogen-bond acceptors (Lipinski definition) is 6. The number of nitrogens with one attached hydrogen (secondary N) is 1. The number of amides is 1. The van der Waals surface area contributed by atoms with E-state index in [0.717, 1.165) is 23.7 Å². The minimum absolute atomic E-state index is 0.0399. The second-order valence-corrected chi connectivity index (χ2v) is 6.08. The molecule has 0 atom stereocenters. The Hall–Kier alpha value is -3.06. The molecule has 7 heteroatoms. The smallest absolute Gasteiger partial charge is 0.291 e. The Morgan fingerprint density at radius 1 is 1.20 bits per heavy atom. The number of aryl methyl sites for hydroxylation is 1. The van der Waals surface area contributed by atoms with Crippen LogP contribution in [0.3, 0.4) is 0 Å². The summed E-state index contributed by atoms with van der Waals surface area (Å²) in [5, 5.41) is 3.21. The number of benzene rings is 2. The van der Waals surface area contributed by atoms with Crippen molar-refractivity contribution in [2.45, 2.75) is 13.3 Å². The summed E-state index contributed by atoms with van der Waals surface area (Å²) in [5.41, 5.74) is 3.03. The third-order valence-corrected chi connectivity index (χ3v) is 4.50. The number of nitrogens with zero attached hydrogens (tertiary/aromatic N) is 2. The van der Waals surface area contributed by atoms with Crippen molar-refractivity contribution in [2.75, 3.05) is 5.32 Å². The standard InChI is InChI=1S/C18H13N3O3S/c1-2-10-6-7-15-11(8-10)14(22)9-16(24-15)18(23)19-12-4-3-5-13-17(12)21-25-20-13/h3-9H,2H2,1H3,(H,19,23). The lowest BCUT2D eigenvalue weighted by atomic mass is 10.1. The van der Waals surface area contributed by atoms with Crippen LogP contribution in [0.15, 0.2) is 51.7 Å². The zero-order valence-electron chi connectivity index (χ0n) is 13.3. The number of aromatic nitrogens is 2. The van der Waals surface area contributed by atoms with Crippen molar-refractivity contribution >= 4 is 45.3 Å². The van der Waals surface area contributed by atoms with Crippen LogP contribution in [0.4, 0.5) is 5.69 Å². The van der Waals surface area contributed by atoms with Crippen LogP contribution in [0, 0.1) is 0 Å². The lowest BCUT2D eigenvalue weighted by Gasteiger charge is -2.06. The highest BCUT2D eigenvalue weighted by molar-refractivity contribution is 7.00. The summed E-state index contributed by atoms with van der Waals surface area (Å²) in [5.74, 6) is -0.541. The first-order valence-electron chi connectivity index (χ1n) is 7.75. The van der Waals surface area contributed by atoms with Gasteiger partial charge in [-0.25, -0.2) is 0 Å². The minimum Gasteiger partial charge on any atom is -0.451 e. The Morgan fingerprint density at radius 3 is 2.92 bits per heavy atom. The summed E-state index contributed by atoms with van der Waals surface area (Å²) < 4.78 is 13.9. The molecule has 0 aliphatic carbocycles. The molecule has 4 aromatic rings. The summed E-state index contributed by atoms with van der Waals surface area (Å²) in [6.07, 6.45) is 0.823. The molecule has 25 heavy (non-hydrogen) atoms. The Balaban J connectivity index is 1.73. The van der Waals surface area contributed by atoms with E-state index in [4.69, 9.17) is 4.42 Å². The molecule has 2 heterocycles. The van der Waals surface area contributed by atoms with E-state index in [1.54, 1.807) is 24.3 Å². The number of carbonyl (C=O) groups excluding carboxylic acids is 1. The second kappa shape index (κ2) is 6.10. The number of hydrogen-bond donors (Lipinski definition) is 1. The molecule has 124 valence electrons. The van der Waals surface area contributed by atoms with Crippen molar-refractivity contribution in [3.8, 4) is 0 Å². The molecule has 0 aliphatic heterocycles. The molecule has 0 aliphatic rings. The van der Waals surface area contributed by atoms with Gasteiger partial charge in [0.05, 0.1) is 22.8 Å². The van der Waals surface area contributed by atoms with Gasteiger partial charge < -0.3 is 9.73 Å². The van der Waals surface area contributed by atoms with Crippen molar-refractivity contribution in [1.82, 2.24) is 8.75 Å². The lowest BCUT2D eigenvalue weighted by molar-refractivity contribution is 0.0997. The van der Waals surface area contributed by atoms with E-state index in [-0.39, 0.29) is 11.2 Å². The van der Waals surface area contributed by atoms with Crippen molar-refractivity contribution < 1.29 is 9.21 Å². The zero-order valence-corrected chi connectivity index (χ0v) is 14.1. The molecule has 0 fully saturated rings. The fraction of sp³-hybridized carbons (Fsp3) is 0.111. The predicted octanol–water partition coefficient (Wildman–Crippen LogP) is 3.61. The SMILES string of the molecule is CCc1ccc2oc(C(=O)Nc3cccc4nsnc34)cc(=O)c2c1. The van der Waals surface area contributed by atoms with E-state index in [1.807, 2.05) is 19.1 Å². The number of rotatable bonds is 3. The third-order valence-electron chi connectivity index (χ3n) is 3.96. The zero-order chi connectivity index (χ0) is 17.4. The average molecular weight is 351 g/mol. The highest BCUT2D eigenvalue weighted by Crippen LogP contribution is 2.22. The maximum absolute atomic E-state index is 12.5. The lowest BCUT2D eigenvalue weighted by Crippen LogP contribution is -2.15. The van der Waals surface area contributed by atoms with Crippen molar-refractivity contribution in [3.63, 3.8) is 0 Å². The Morgan fingerprint density at radius 2 is 2.08 bits per heavy atom. The summed E-state index contributed by atoms with van der Waals surface area (Å²) in [7, 11) is 0. The topological polar surface area (TPSA) is 85.1 Å². The van der Waals surface area contributed by atoms with E-state index < -0.39 is 5.91 Å². The molecule has 2 aromatic carbocycles. The molecule has 1 amide bonds. The monoisotopic (exact) mass is 351 g/mol. The summed E-state index contributed by atoms with van der Waals surface area (Å²) in [6, 6.07) is 11.9. The van der Waals surface area contributed by atoms with Gasteiger partial charge in [-0.2, -0.15) is 8.75 Å². The maximum atomic E-state index is 12.5. The van der Waals surface area contributed by atoms with Gasteiger partial charge in [0, 0.05) is 6.07 Å². The van der Waals surface area contributed by atoms with E-state index >= 15 is 0 Å². The first-order valence-corrected chi connectivity index (χ1v) is 8.48. The van der Waals surface area contributed by atoms with Crippen LogP contribution in [-0.2, 0) is 6.42 Å². The van der Waals surface area contributed by atoms with Crippen LogP contribution in [-0.4, -0.2) is 14.7 Å². The highest BCUT2D eigenvalue weighted by atomic mass is 32.1. The van der Waals surface area contributed by atoms with Gasteiger partial charge in [-0.1, -0.05) is 19.1 Å². The van der Waals surface area contributed by atoms with Crippen LogP contribution in [0.2, 0.25) is 0 Å². The maximum Gasteiger partial charge on any atom is 0.291 e. The van der Waals surface area contributed by atoms with E-state index in [2.05, 4.69) is 14.1 Å². The van der Waals surface area contributed by atoms with Gasteiger partial charge in [0.1, 0.15) is 16.6 Å². The van der Waals surface area contributed by atoms with Crippen LogP contribution >= 0.6 is 11.7 Å². The van der Waals surface area contributed by atoms with Gasteiger partial charge in [0.2, 0.25) is 0 Å². The fourth-order valence-electron chi connectivity index (χ4n) is 2.63. The number of anilines is 1. The molecule has 0 unspecified atom stereocenters. The molecule has 0 radical (unpaired) electrons. The van der Waals surface area contributed by atoms with Crippen LogP contribution < -0.4 is 10.7 Å². The van der Waals surface area contributed by atoms with Crippen LogP contribution in [0.5, 0.6) is 0 Å². The van der Waals surface area contributed by atoms with Gasteiger partial charge in [0.25, 0.3) is 5.91 Å². The fourth-order valence-corrected chi connectivity index (χ4v) is 3.18. The summed E-state index contributed by atoms with van der Waals surface area (Å²) in [4.78, 5) is 24.8. The number of carbonyl (C=O) groups is 1. The molecule has 0 spiro atoms. The van der Waals surface area contributed by atoms with Crippen LogP contribution in [0.1, 0.15) is 23.0 Å². The summed E-state index contributed by atoms with van der Waals surface area (Å²) >= 11 is 1.07. The van der Waals surface area contributed by atoms with E-state index in [0.29, 0.717) is 27.7 Å². The Labute approximate surface area is 146 Å². The predicted molar refractivity (Wildman–Crippen MR) is 97.2 cm³/mol. The highest BCUT2D eigenvalue weighted by Gasteiger charge is 2.15. The Kier molecular flexibility index (Phi) is 3.77. The largest absolute Gasteiger partial charge is 0.451 e. The van der Waals surface area contributed by atoms with Crippen molar-refractivity contribution in [1.29, 1.82) is 0 Å². The third kappa shape index (κ3) is 2.78. The molecule has 0 bridgehead atoms. The van der Waals surface area contributed by atoms with Crippen molar-refractivity contribution in [3.05, 3.63) is 64.0 Å². The van der Waals surface area contributed by atoms with Gasteiger partial charge in [-0.3, -0.25) is 9.59 Å². The minimum atomic E-state index is -0.501. The second-order valence-electron chi connectivity index (χ2n) is 5.55. The molecular weight excluding hydrogens is 338 g/mol. The van der Waals surface area contributed by atoms with Gasteiger partial charge >= 0.3 is 0 Å². The van der Waals surface area contributed by atoms with Crippen LogP contribution in [0.25, 0.3) is 22.0 Å². The molecule has 6 nitrogen and oxygen atoms in total. The van der Waals surface area contributed by atoms with Crippen molar-refractivity contribution in [2.24, 2.45) is 0 Å². The first-order chi connectivity index (χ1) is 12.2. The number of fused-ring (bicyclic) bond motifs is 2. The van der Waals surface area contributed by atoms with E-state index in [1.165, 1.54) is 6.07 Å². The molecule has 2 aromatic heterocycles. The Bertz CT molecular complexity index is 1160. The molecule has 0 saturated heterocycles. The van der Waals surface area contributed by atoms with E-state index in [9.17, 15) is 9.59 Å². The first kappa shape index (κ1) is 15.5. The molecule has 1 N–H and O–H groups in total. The molecule has 4 rings (SSSR count). The quantitative estimate of drug-likeness (QED) is 0.609. The van der Waals surface area contributed by atoms with Gasteiger partial charge in [0.15, 0.2) is 11.2 Å². The van der Waals surface area contributed by atoms with Gasteiger partial charge in [-0.05, 0) is 36.2 Å². The normalized spacial score (nSPS) is 11.1. The van der Waals surface area contributed by atoms with Gasteiger partial charge in [-0.15, -0.1) is 0 Å². The summed E-state index contributed by atoms with van der Waals surface area (Å²) in [6.45, 7) is 2.01. The molecule has 0 saturated carbocycles.